The number of amides is 2. The van der Waals surface area contributed by atoms with E-state index in [2.05, 4.69) is 5.32 Å². The minimum absolute atomic E-state index is 0.475. The van der Waals surface area contributed by atoms with Gasteiger partial charge in [-0.3, -0.25) is 29.4 Å². The maximum absolute atomic E-state index is 13.3. The summed E-state index contributed by atoms with van der Waals surface area (Å²) in [4.78, 5) is 51.3. The fraction of sp³-hybridized carbons (Fsp3) is 0.500. The topological polar surface area (TPSA) is 124 Å². The van der Waals surface area contributed by atoms with Gasteiger partial charge in [-0.05, 0) is 38.8 Å². The number of aryl methyl sites for hydroxylation is 1. The van der Waals surface area contributed by atoms with Crippen molar-refractivity contribution in [2.45, 2.75) is 51.2 Å². The Balaban J connectivity index is 2.22. The molecule has 28 heavy (non-hydrogen) atoms. The van der Waals surface area contributed by atoms with Crippen molar-refractivity contribution in [1.82, 2.24) is 10.2 Å². The van der Waals surface area contributed by atoms with Crippen LogP contribution in [-0.4, -0.2) is 49.9 Å². The highest BCUT2D eigenvalue weighted by atomic mass is 16.4. The lowest BCUT2D eigenvalue weighted by Crippen LogP contribution is -2.58. The van der Waals surface area contributed by atoms with Gasteiger partial charge in [0.05, 0.1) is 18.3 Å². The zero-order chi connectivity index (χ0) is 21.0. The summed E-state index contributed by atoms with van der Waals surface area (Å²) < 4.78 is 0. The van der Waals surface area contributed by atoms with Crippen molar-refractivity contribution in [3.8, 4) is 0 Å². The van der Waals surface area contributed by atoms with Gasteiger partial charge in [0.25, 0.3) is 0 Å². The molecule has 4 atom stereocenters. The van der Waals surface area contributed by atoms with E-state index in [4.69, 9.17) is 0 Å². The SMILES string of the molecule is Cc1ccccc1C1NC(CC(=O)O)(C(=O)O)C2C(=O)N(C(C)(C)C)C(=O)C12. The fourth-order valence-electron chi connectivity index (χ4n) is 4.54. The van der Waals surface area contributed by atoms with Crippen LogP contribution in [0.1, 0.15) is 44.4 Å². The van der Waals surface area contributed by atoms with E-state index in [1.165, 1.54) is 0 Å². The number of nitrogens with zero attached hydrogens (tertiary/aromatic N) is 1. The number of hydrogen-bond acceptors (Lipinski definition) is 5. The van der Waals surface area contributed by atoms with Gasteiger partial charge in [0.15, 0.2) is 0 Å². The first-order chi connectivity index (χ1) is 12.9. The lowest BCUT2D eigenvalue weighted by Gasteiger charge is -2.34. The first-order valence-corrected chi connectivity index (χ1v) is 9.08. The van der Waals surface area contributed by atoms with E-state index in [-0.39, 0.29) is 0 Å². The van der Waals surface area contributed by atoms with Crippen molar-refractivity contribution in [2.24, 2.45) is 11.8 Å². The van der Waals surface area contributed by atoms with Crippen molar-refractivity contribution >= 4 is 23.8 Å². The van der Waals surface area contributed by atoms with Gasteiger partial charge in [-0.2, -0.15) is 0 Å². The third-order valence-corrected chi connectivity index (χ3v) is 5.66. The van der Waals surface area contributed by atoms with Crippen LogP contribution in [0.15, 0.2) is 24.3 Å². The van der Waals surface area contributed by atoms with E-state index in [1.54, 1.807) is 32.9 Å². The third kappa shape index (κ3) is 2.79. The monoisotopic (exact) mass is 388 g/mol. The van der Waals surface area contributed by atoms with E-state index >= 15 is 0 Å². The molecule has 2 aliphatic heterocycles. The third-order valence-electron chi connectivity index (χ3n) is 5.66. The number of carboxylic acid groups (broad SMARTS) is 2. The first-order valence-electron chi connectivity index (χ1n) is 9.08. The fourth-order valence-corrected chi connectivity index (χ4v) is 4.54. The average molecular weight is 388 g/mol. The van der Waals surface area contributed by atoms with Gasteiger partial charge in [-0.15, -0.1) is 0 Å². The number of carbonyl (C=O) groups excluding carboxylic acids is 2. The lowest BCUT2D eigenvalue weighted by atomic mass is 9.77. The molecule has 1 aromatic carbocycles. The molecule has 3 rings (SSSR count). The number of aliphatic carboxylic acids is 2. The van der Waals surface area contributed by atoms with Crippen molar-refractivity contribution in [3.63, 3.8) is 0 Å². The Labute approximate surface area is 162 Å². The average Bonchev–Trinajstić information content (AvgIpc) is 3.02. The molecule has 0 saturated carbocycles. The lowest BCUT2D eigenvalue weighted by molar-refractivity contribution is -0.157. The highest BCUT2D eigenvalue weighted by molar-refractivity contribution is 6.10. The molecule has 2 saturated heterocycles. The number of likely N-dealkylation sites (tertiary alicyclic amines) is 1. The highest BCUT2D eigenvalue weighted by Gasteiger charge is 2.70. The van der Waals surface area contributed by atoms with Gasteiger partial charge >= 0.3 is 11.9 Å². The standard InChI is InChI=1S/C20H24N2O6/c1-10-7-5-6-8-11(10)15-13-14(17(26)22(16(13)25)19(2,3)4)20(21-15,18(27)28)9-12(23)24/h5-8,13-15,21H,9H2,1-4H3,(H,23,24)(H,27,28). The van der Waals surface area contributed by atoms with Crippen LogP contribution in [0, 0.1) is 18.8 Å². The van der Waals surface area contributed by atoms with Gasteiger partial charge in [-0.1, -0.05) is 24.3 Å². The molecule has 2 amide bonds. The Morgan fingerprint density at radius 2 is 1.75 bits per heavy atom. The number of hydrogen-bond donors (Lipinski definition) is 3. The number of benzene rings is 1. The summed E-state index contributed by atoms with van der Waals surface area (Å²) in [5.41, 5.74) is -1.40. The summed E-state index contributed by atoms with van der Waals surface area (Å²) in [7, 11) is 0. The number of rotatable bonds is 4. The number of nitrogens with one attached hydrogen (secondary N) is 1. The largest absolute Gasteiger partial charge is 0.481 e. The number of carboxylic acids is 2. The molecular formula is C20H24N2O6. The number of imide groups is 1. The quantitative estimate of drug-likeness (QED) is 0.665. The summed E-state index contributed by atoms with van der Waals surface area (Å²) in [5.74, 6) is -6.20. The zero-order valence-electron chi connectivity index (χ0n) is 16.2. The Hall–Kier alpha value is -2.74. The Morgan fingerprint density at radius 1 is 1.14 bits per heavy atom. The first kappa shape index (κ1) is 20.0. The predicted molar refractivity (Wildman–Crippen MR) is 98.3 cm³/mol. The van der Waals surface area contributed by atoms with E-state index in [9.17, 15) is 29.4 Å². The van der Waals surface area contributed by atoms with Crippen LogP contribution in [0.5, 0.6) is 0 Å². The van der Waals surface area contributed by atoms with Gasteiger partial charge < -0.3 is 10.2 Å². The Bertz CT molecular complexity index is 874. The molecule has 150 valence electrons. The second kappa shape index (κ2) is 6.41. The summed E-state index contributed by atoms with van der Waals surface area (Å²) in [6, 6.07) is 6.40. The second-order valence-corrected chi connectivity index (χ2v) is 8.51. The minimum atomic E-state index is -2.06. The van der Waals surface area contributed by atoms with Crippen molar-refractivity contribution in [2.75, 3.05) is 0 Å². The van der Waals surface area contributed by atoms with Gasteiger partial charge in [0.1, 0.15) is 5.54 Å². The van der Waals surface area contributed by atoms with Crippen LogP contribution in [-0.2, 0) is 19.2 Å². The molecule has 1 aromatic rings. The summed E-state index contributed by atoms with van der Waals surface area (Å²) in [5, 5.41) is 22.2. The maximum Gasteiger partial charge on any atom is 0.325 e. The van der Waals surface area contributed by atoms with Gasteiger partial charge in [-0.25, -0.2) is 0 Å². The minimum Gasteiger partial charge on any atom is -0.481 e. The van der Waals surface area contributed by atoms with E-state index < -0.39 is 59.1 Å². The Morgan fingerprint density at radius 3 is 2.25 bits per heavy atom. The zero-order valence-corrected chi connectivity index (χ0v) is 16.2. The molecule has 4 unspecified atom stereocenters. The normalized spacial score (nSPS) is 29.9. The number of fused-ring (bicyclic) bond motifs is 1. The molecule has 2 aliphatic rings. The van der Waals surface area contributed by atoms with E-state index in [0.29, 0.717) is 5.56 Å². The molecule has 0 radical (unpaired) electrons. The maximum atomic E-state index is 13.3. The van der Waals surface area contributed by atoms with Crippen LogP contribution in [0.3, 0.4) is 0 Å². The van der Waals surface area contributed by atoms with Gasteiger partial charge in [0, 0.05) is 11.6 Å². The highest BCUT2D eigenvalue weighted by Crippen LogP contribution is 2.51. The smallest absolute Gasteiger partial charge is 0.325 e. The molecule has 2 heterocycles. The van der Waals surface area contributed by atoms with Crippen molar-refractivity contribution < 1.29 is 29.4 Å². The van der Waals surface area contributed by atoms with Crippen LogP contribution >= 0.6 is 0 Å². The number of carbonyl (C=O) groups is 4. The summed E-state index contributed by atoms with van der Waals surface area (Å²) >= 11 is 0. The van der Waals surface area contributed by atoms with E-state index in [0.717, 1.165) is 10.5 Å². The van der Waals surface area contributed by atoms with Crippen molar-refractivity contribution in [1.29, 1.82) is 0 Å². The molecule has 0 spiro atoms. The van der Waals surface area contributed by atoms with Crippen molar-refractivity contribution in [3.05, 3.63) is 35.4 Å². The molecule has 0 aliphatic carbocycles. The molecule has 0 aromatic heterocycles. The van der Waals surface area contributed by atoms with E-state index in [1.807, 2.05) is 19.1 Å². The molecule has 0 bridgehead atoms. The van der Waals surface area contributed by atoms with Crippen LogP contribution < -0.4 is 5.32 Å². The molecule has 3 N–H and O–H groups in total. The Kier molecular flexibility index (Phi) is 4.58. The van der Waals surface area contributed by atoms with Crippen LogP contribution in [0.4, 0.5) is 0 Å². The molecule has 8 nitrogen and oxygen atoms in total. The summed E-state index contributed by atoms with van der Waals surface area (Å²) in [6.07, 6.45) is -0.803. The van der Waals surface area contributed by atoms with Gasteiger partial charge in [0.2, 0.25) is 11.8 Å². The predicted octanol–water partition coefficient (Wildman–Crippen LogP) is 1.34. The molecule has 8 heteroatoms. The molecule has 2 fully saturated rings. The summed E-state index contributed by atoms with van der Waals surface area (Å²) in [6.45, 7) is 6.91. The molecular weight excluding hydrogens is 364 g/mol. The van der Waals surface area contributed by atoms with Crippen LogP contribution in [0.2, 0.25) is 0 Å². The van der Waals surface area contributed by atoms with Crippen LogP contribution in [0.25, 0.3) is 0 Å². The second-order valence-electron chi connectivity index (χ2n) is 8.51.